The van der Waals surface area contributed by atoms with Gasteiger partial charge in [-0.3, -0.25) is 14.9 Å². The molecule has 0 bridgehead atoms. The molecule has 0 fully saturated rings. The van der Waals surface area contributed by atoms with Crippen molar-refractivity contribution >= 4 is 17.3 Å². The summed E-state index contributed by atoms with van der Waals surface area (Å²) in [7, 11) is 0. The Bertz CT molecular complexity index is 790. The van der Waals surface area contributed by atoms with Gasteiger partial charge in [-0.1, -0.05) is 29.8 Å². The molecule has 0 N–H and O–H groups in total. The number of hydrogen-bond donors (Lipinski definition) is 0. The fraction of sp³-hybridized carbons (Fsp3) is 0.263. The first-order valence-corrected chi connectivity index (χ1v) is 8.43. The van der Waals surface area contributed by atoms with E-state index in [9.17, 15) is 0 Å². The second kappa shape index (κ2) is 6.75. The molecular formula is C19H18ClN3O. The molecule has 3 aliphatic rings. The van der Waals surface area contributed by atoms with E-state index in [0.717, 1.165) is 47.2 Å². The number of ether oxygens (including phenoxy) is 1. The number of pyridine rings is 1. The number of rotatable bonds is 2. The van der Waals surface area contributed by atoms with Gasteiger partial charge in [0.1, 0.15) is 12.4 Å². The van der Waals surface area contributed by atoms with Gasteiger partial charge in [-0.15, -0.1) is 0 Å². The molecular weight excluding hydrogens is 322 g/mol. The average molecular weight is 340 g/mol. The molecule has 0 atom stereocenters. The van der Waals surface area contributed by atoms with Gasteiger partial charge in [0.25, 0.3) is 0 Å². The first-order chi connectivity index (χ1) is 11.8. The Labute approximate surface area is 146 Å². The van der Waals surface area contributed by atoms with Crippen LogP contribution in [0, 0.1) is 0 Å². The summed E-state index contributed by atoms with van der Waals surface area (Å²) in [6, 6.07) is 4.03. The van der Waals surface area contributed by atoms with Gasteiger partial charge in [0.2, 0.25) is 0 Å². The largest absolute Gasteiger partial charge is 0.475 e. The van der Waals surface area contributed by atoms with Crippen molar-refractivity contribution in [2.24, 2.45) is 4.99 Å². The van der Waals surface area contributed by atoms with E-state index >= 15 is 0 Å². The second-order valence-electron chi connectivity index (χ2n) is 6.07. The Kier molecular flexibility index (Phi) is 4.32. The molecule has 1 aromatic heterocycles. The van der Waals surface area contributed by atoms with Crippen molar-refractivity contribution in [2.45, 2.75) is 19.4 Å². The van der Waals surface area contributed by atoms with Gasteiger partial charge in [-0.2, -0.15) is 0 Å². The molecule has 3 heterocycles. The number of hydrogen-bond acceptors (Lipinski definition) is 4. The fourth-order valence-corrected chi connectivity index (χ4v) is 3.43. The van der Waals surface area contributed by atoms with E-state index in [1.54, 1.807) is 6.20 Å². The first kappa shape index (κ1) is 15.4. The third kappa shape index (κ3) is 3.21. The van der Waals surface area contributed by atoms with Crippen molar-refractivity contribution in [3.05, 3.63) is 76.5 Å². The summed E-state index contributed by atoms with van der Waals surface area (Å²) < 4.78 is 6.10. The third-order valence-electron chi connectivity index (χ3n) is 4.22. The topological polar surface area (TPSA) is 37.7 Å². The van der Waals surface area contributed by atoms with Crippen LogP contribution in [0.25, 0.3) is 0 Å². The summed E-state index contributed by atoms with van der Waals surface area (Å²) in [4.78, 5) is 11.0. The first-order valence-electron chi connectivity index (χ1n) is 8.05. The molecule has 0 unspecified atom stereocenters. The maximum atomic E-state index is 6.45. The molecule has 0 amide bonds. The zero-order valence-corrected chi connectivity index (χ0v) is 14.0. The monoisotopic (exact) mass is 339 g/mol. The number of aliphatic imine (C=N–C) groups is 1. The lowest BCUT2D eigenvalue weighted by atomic mass is 10.0. The average Bonchev–Trinajstić information content (AvgIpc) is 2.87. The van der Waals surface area contributed by atoms with Crippen molar-refractivity contribution < 1.29 is 4.74 Å². The third-order valence-corrected chi connectivity index (χ3v) is 4.47. The minimum atomic E-state index is 0.537. The molecule has 2 aliphatic heterocycles. The number of fused-ring (bicyclic) bond motifs is 2. The van der Waals surface area contributed by atoms with E-state index < -0.39 is 0 Å². The van der Waals surface area contributed by atoms with Gasteiger partial charge in [-0.25, -0.2) is 0 Å². The highest BCUT2D eigenvalue weighted by Crippen LogP contribution is 2.32. The number of aromatic nitrogens is 1. The fourth-order valence-electron chi connectivity index (χ4n) is 3.15. The Morgan fingerprint density at radius 1 is 1.33 bits per heavy atom. The van der Waals surface area contributed by atoms with E-state index in [-0.39, 0.29) is 0 Å². The molecule has 0 saturated carbocycles. The zero-order chi connectivity index (χ0) is 16.4. The molecule has 0 radical (unpaired) electrons. The Morgan fingerprint density at radius 3 is 3.17 bits per heavy atom. The quantitative estimate of drug-likeness (QED) is 0.819. The number of allylic oxidation sites excluding steroid dienone is 4. The highest BCUT2D eigenvalue weighted by Gasteiger charge is 2.27. The van der Waals surface area contributed by atoms with Gasteiger partial charge in [0, 0.05) is 48.7 Å². The van der Waals surface area contributed by atoms with E-state index in [4.69, 9.17) is 16.3 Å². The van der Waals surface area contributed by atoms with Crippen molar-refractivity contribution in [1.82, 2.24) is 9.88 Å². The van der Waals surface area contributed by atoms with Crippen LogP contribution in [0.5, 0.6) is 0 Å². The number of nitrogens with zero attached hydrogens (tertiary/aromatic N) is 3. The molecule has 122 valence electrons. The van der Waals surface area contributed by atoms with Gasteiger partial charge in [-0.05, 0) is 29.7 Å². The highest BCUT2D eigenvalue weighted by atomic mass is 35.5. The van der Waals surface area contributed by atoms with Crippen molar-refractivity contribution in [3.8, 4) is 0 Å². The van der Waals surface area contributed by atoms with E-state index in [1.807, 2.05) is 30.6 Å². The lowest BCUT2D eigenvalue weighted by Gasteiger charge is -2.30. The van der Waals surface area contributed by atoms with Crippen LogP contribution in [0.3, 0.4) is 0 Å². The molecule has 4 rings (SSSR count). The van der Waals surface area contributed by atoms with Crippen LogP contribution in [-0.2, 0) is 11.3 Å². The summed E-state index contributed by atoms with van der Waals surface area (Å²) in [5.41, 5.74) is 4.33. The molecule has 4 nitrogen and oxygen atoms in total. The molecule has 1 aromatic rings. The van der Waals surface area contributed by atoms with Gasteiger partial charge < -0.3 is 4.74 Å². The molecule has 0 spiro atoms. The SMILES string of the molecule is ClC1=CC2=C(OCN(Cc3cccnc3)C2)C2=NC=CCC=C2C1. The van der Waals surface area contributed by atoms with Crippen LogP contribution in [0.15, 0.2) is 75.9 Å². The summed E-state index contributed by atoms with van der Waals surface area (Å²) in [5.74, 6) is 0.867. The molecule has 5 heteroatoms. The Balaban J connectivity index is 1.63. The predicted octanol–water partition coefficient (Wildman–Crippen LogP) is 3.94. The molecule has 0 saturated heterocycles. The molecule has 1 aliphatic carbocycles. The van der Waals surface area contributed by atoms with Crippen LogP contribution in [0.4, 0.5) is 0 Å². The van der Waals surface area contributed by atoms with Gasteiger partial charge in [0.05, 0.1) is 0 Å². The summed E-state index contributed by atoms with van der Waals surface area (Å²) in [5, 5.41) is 0.827. The molecule has 24 heavy (non-hydrogen) atoms. The smallest absolute Gasteiger partial charge is 0.151 e. The van der Waals surface area contributed by atoms with E-state index in [0.29, 0.717) is 13.2 Å². The lowest BCUT2D eigenvalue weighted by Crippen LogP contribution is -2.34. The predicted molar refractivity (Wildman–Crippen MR) is 95.5 cm³/mol. The molecule has 0 aromatic carbocycles. The second-order valence-corrected chi connectivity index (χ2v) is 6.56. The van der Waals surface area contributed by atoms with Crippen molar-refractivity contribution in [2.75, 3.05) is 13.3 Å². The van der Waals surface area contributed by atoms with Crippen molar-refractivity contribution in [1.29, 1.82) is 0 Å². The van der Waals surface area contributed by atoms with E-state index in [2.05, 4.69) is 27.0 Å². The van der Waals surface area contributed by atoms with Gasteiger partial charge in [0.15, 0.2) is 5.76 Å². The minimum Gasteiger partial charge on any atom is -0.475 e. The zero-order valence-electron chi connectivity index (χ0n) is 13.3. The number of halogens is 1. The minimum absolute atomic E-state index is 0.537. The van der Waals surface area contributed by atoms with Crippen LogP contribution in [0.1, 0.15) is 18.4 Å². The van der Waals surface area contributed by atoms with Crippen molar-refractivity contribution in [3.63, 3.8) is 0 Å². The lowest BCUT2D eigenvalue weighted by molar-refractivity contribution is 0.0631. The normalized spacial score (nSPS) is 20.8. The maximum absolute atomic E-state index is 6.45. The maximum Gasteiger partial charge on any atom is 0.151 e. The van der Waals surface area contributed by atoms with Crippen LogP contribution >= 0.6 is 11.6 Å². The van der Waals surface area contributed by atoms with Gasteiger partial charge >= 0.3 is 0 Å². The highest BCUT2D eigenvalue weighted by molar-refractivity contribution is 6.31. The Morgan fingerprint density at radius 2 is 2.29 bits per heavy atom. The summed E-state index contributed by atoms with van der Waals surface area (Å²) >= 11 is 6.45. The van der Waals surface area contributed by atoms with Crippen LogP contribution in [0.2, 0.25) is 0 Å². The van der Waals surface area contributed by atoms with Crippen LogP contribution < -0.4 is 0 Å². The standard InChI is InChI=1S/C19H18ClN3O/c20-17-8-15-5-1-2-7-22-18(15)19-16(9-17)12-23(13-24-19)11-14-4-3-6-21-10-14/h2-7,9-10H,1,8,11-13H2. The Hall–Kier alpha value is -2.17. The van der Waals surface area contributed by atoms with Crippen LogP contribution in [-0.4, -0.2) is 28.9 Å². The van der Waals surface area contributed by atoms with E-state index in [1.165, 1.54) is 5.56 Å². The summed E-state index contributed by atoms with van der Waals surface area (Å²) in [6.45, 7) is 2.12. The summed E-state index contributed by atoms with van der Waals surface area (Å²) in [6.07, 6.45) is 13.4.